The van der Waals surface area contributed by atoms with E-state index in [-0.39, 0.29) is 31.5 Å². The highest BCUT2D eigenvalue weighted by molar-refractivity contribution is 7.87. The summed E-state index contributed by atoms with van der Waals surface area (Å²) in [5, 5.41) is 0. The SMILES string of the molecule is CC(C)COC(=O)C(C)(C)COS(=O)(=O)CCCS(=O)(=O)OCC(C)(C)C(=O)OCC(C)C. The molecule has 0 aliphatic rings. The minimum Gasteiger partial charge on any atom is -0.465 e. The molecule has 0 unspecified atom stereocenters. The molecule has 0 aromatic rings. The van der Waals surface area contributed by atoms with Gasteiger partial charge in [-0.1, -0.05) is 27.7 Å². The van der Waals surface area contributed by atoms with E-state index < -0.39 is 67.7 Å². The fourth-order valence-electron chi connectivity index (χ4n) is 2.00. The van der Waals surface area contributed by atoms with Gasteiger partial charge in [0.2, 0.25) is 0 Å². The van der Waals surface area contributed by atoms with E-state index in [0.717, 1.165) is 0 Å². The summed E-state index contributed by atoms with van der Waals surface area (Å²) in [6, 6.07) is 0. The summed E-state index contributed by atoms with van der Waals surface area (Å²) in [5.74, 6) is -2.06. The molecule has 0 rings (SSSR count). The maximum Gasteiger partial charge on any atom is 0.313 e. The van der Waals surface area contributed by atoms with Crippen LogP contribution < -0.4 is 0 Å². The molecule has 0 heterocycles. The topological polar surface area (TPSA) is 139 Å². The van der Waals surface area contributed by atoms with Crippen LogP contribution in [0.2, 0.25) is 0 Å². The fraction of sp³-hybridized carbons (Fsp3) is 0.905. The minimum absolute atomic E-state index is 0.134. The molecule has 12 heteroatoms. The number of esters is 2. The van der Waals surface area contributed by atoms with E-state index in [9.17, 15) is 26.4 Å². The average Bonchev–Trinajstić information content (AvgIpc) is 2.67. The minimum atomic E-state index is -4.08. The van der Waals surface area contributed by atoms with Crippen molar-refractivity contribution in [1.29, 1.82) is 0 Å². The van der Waals surface area contributed by atoms with Crippen molar-refractivity contribution in [2.75, 3.05) is 37.9 Å². The number of hydrogen-bond donors (Lipinski definition) is 0. The van der Waals surface area contributed by atoms with Gasteiger partial charge in [0.15, 0.2) is 0 Å². The third-order valence-electron chi connectivity index (χ3n) is 4.19. The highest BCUT2D eigenvalue weighted by Gasteiger charge is 2.34. The molecule has 0 fully saturated rings. The monoisotopic (exact) mass is 516 g/mol. The van der Waals surface area contributed by atoms with Crippen molar-refractivity contribution in [3.05, 3.63) is 0 Å². The Morgan fingerprint density at radius 1 is 0.667 bits per heavy atom. The maximum absolute atomic E-state index is 12.1. The summed E-state index contributed by atoms with van der Waals surface area (Å²) in [6.45, 7) is 13.0. The van der Waals surface area contributed by atoms with Crippen molar-refractivity contribution in [2.45, 2.75) is 61.8 Å². The third kappa shape index (κ3) is 13.9. The Balaban J connectivity index is 4.60. The zero-order chi connectivity index (χ0) is 26.1. The first-order valence-electron chi connectivity index (χ1n) is 10.9. The zero-order valence-electron chi connectivity index (χ0n) is 21.0. The third-order valence-corrected chi connectivity index (χ3v) is 6.72. The molecule has 0 amide bonds. The average molecular weight is 517 g/mol. The van der Waals surface area contributed by atoms with Crippen molar-refractivity contribution in [2.24, 2.45) is 22.7 Å². The summed E-state index contributed by atoms with van der Waals surface area (Å²) in [4.78, 5) is 24.2. The summed E-state index contributed by atoms with van der Waals surface area (Å²) >= 11 is 0. The normalized spacial score (nSPS) is 13.4. The molecule has 33 heavy (non-hydrogen) atoms. The van der Waals surface area contributed by atoms with Gasteiger partial charge in [0, 0.05) is 0 Å². The molecular formula is C21H40O10S2. The maximum atomic E-state index is 12.1. The highest BCUT2D eigenvalue weighted by atomic mass is 32.2. The van der Waals surface area contributed by atoms with Gasteiger partial charge in [-0.15, -0.1) is 0 Å². The Labute approximate surface area is 198 Å². The van der Waals surface area contributed by atoms with Crippen molar-refractivity contribution in [1.82, 2.24) is 0 Å². The standard InChI is InChI=1S/C21H40O10S2/c1-16(2)12-28-18(22)20(5,6)14-30-32(24,25)10-9-11-33(26,27)31-15-21(7,8)19(23)29-13-17(3)4/h16-17H,9-15H2,1-8H3. The van der Waals surface area contributed by atoms with Crippen molar-refractivity contribution in [3.8, 4) is 0 Å². The Morgan fingerprint density at radius 2 is 0.970 bits per heavy atom. The van der Waals surface area contributed by atoms with Crippen LogP contribution in [0.15, 0.2) is 0 Å². The van der Waals surface area contributed by atoms with Crippen molar-refractivity contribution < 1.29 is 44.3 Å². The molecule has 0 saturated heterocycles. The molecule has 0 atom stereocenters. The van der Waals surface area contributed by atoms with E-state index in [1.807, 2.05) is 27.7 Å². The van der Waals surface area contributed by atoms with Crippen LogP contribution in [0, 0.1) is 22.7 Å². The number of carbonyl (C=O) groups excluding carboxylic acids is 2. The molecule has 0 saturated carbocycles. The largest absolute Gasteiger partial charge is 0.465 e. The molecule has 196 valence electrons. The number of hydrogen-bond acceptors (Lipinski definition) is 10. The van der Waals surface area contributed by atoms with Gasteiger partial charge in [0.05, 0.1) is 48.8 Å². The van der Waals surface area contributed by atoms with Crippen LogP contribution >= 0.6 is 0 Å². The van der Waals surface area contributed by atoms with Gasteiger partial charge < -0.3 is 9.47 Å². The van der Waals surface area contributed by atoms with E-state index >= 15 is 0 Å². The quantitative estimate of drug-likeness (QED) is 0.222. The summed E-state index contributed by atoms with van der Waals surface area (Å²) in [7, 11) is -8.15. The number of rotatable bonds is 16. The lowest BCUT2D eigenvalue weighted by Crippen LogP contribution is -2.34. The first-order valence-corrected chi connectivity index (χ1v) is 14.0. The van der Waals surface area contributed by atoms with Crippen LogP contribution in [0.3, 0.4) is 0 Å². The second kappa shape index (κ2) is 13.0. The van der Waals surface area contributed by atoms with E-state index in [1.165, 1.54) is 27.7 Å². The van der Waals surface area contributed by atoms with Crippen LogP contribution in [-0.2, 0) is 47.7 Å². The molecule has 0 radical (unpaired) electrons. The first kappa shape index (κ1) is 31.8. The smallest absolute Gasteiger partial charge is 0.313 e. The highest BCUT2D eigenvalue weighted by Crippen LogP contribution is 2.21. The zero-order valence-corrected chi connectivity index (χ0v) is 22.6. The van der Waals surface area contributed by atoms with E-state index in [2.05, 4.69) is 0 Å². The molecule has 0 aromatic carbocycles. The molecule has 0 aliphatic heterocycles. The van der Waals surface area contributed by atoms with Gasteiger partial charge in [-0.2, -0.15) is 16.8 Å². The van der Waals surface area contributed by atoms with Gasteiger partial charge in [-0.25, -0.2) is 0 Å². The second-order valence-electron chi connectivity index (χ2n) is 10.2. The Morgan fingerprint density at radius 3 is 1.24 bits per heavy atom. The lowest BCUT2D eigenvalue weighted by Gasteiger charge is -2.23. The van der Waals surface area contributed by atoms with Gasteiger partial charge in [-0.05, 0) is 46.0 Å². The predicted octanol–water partition coefficient (Wildman–Crippen LogP) is 2.52. The van der Waals surface area contributed by atoms with E-state index in [0.29, 0.717) is 0 Å². The van der Waals surface area contributed by atoms with Crippen LogP contribution in [0.4, 0.5) is 0 Å². The van der Waals surface area contributed by atoms with Crippen LogP contribution in [0.25, 0.3) is 0 Å². The molecule has 0 N–H and O–H groups in total. The summed E-state index contributed by atoms with van der Waals surface area (Å²) in [5.41, 5.74) is -2.38. The summed E-state index contributed by atoms with van der Waals surface area (Å²) in [6.07, 6.45) is -0.277. The predicted molar refractivity (Wildman–Crippen MR) is 123 cm³/mol. The molecule has 10 nitrogen and oxygen atoms in total. The molecule has 0 aromatic heterocycles. The molecular weight excluding hydrogens is 476 g/mol. The van der Waals surface area contributed by atoms with Crippen LogP contribution in [-0.4, -0.2) is 66.7 Å². The lowest BCUT2D eigenvalue weighted by atomic mass is 9.95. The van der Waals surface area contributed by atoms with Crippen molar-refractivity contribution >= 4 is 32.2 Å². The van der Waals surface area contributed by atoms with Gasteiger partial charge in [-0.3, -0.25) is 18.0 Å². The Bertz CT molecular complexity index is 770. The second-order valence-corrected chi connectivity index (χ2v) is 13.7. The number of ether oxygens (including phenoxy) is 2. The van der Waals surface area contributed by atoms with E-state index in [4.69, 9.17) is 17.8 Å². The van der Waals surface area contributed by atoms with E-state index in [1.54, 1.807) is 0 Å². The van der Waals surface area contributed by atoms with Crippen LogP contribution in [0.1, 0.15) is 61.8 Å². The fourth-order valence-corrected chi connectivity index (χ4v) is 4.36. The van der Waals surface area contributed by atoms with Gasteiger partial charge in [0.25, 0.3) is 20.2 Å². The molecule has 0 aliphatic carbocycles. The number of carbonyl (C=O) groups is 2. The Kier molecular flexibility index (Phi) is 12.5. The van der Waals surface area contributed by atoms with Crippen LogP contribution in [0.5, 0.6) is 0 Å². The Hall–Kier alpha value is -1.24. The van der Waals surface area contributed by atoms with Gasteiger partial charge in [0.1, 0.15) is 0 Å². The molecule has 0 bridgehead atoms. The van der Waals surface area contributed by atoms with Crippen molar-refractivity contribution in [3.63, 3.8) is 0 Å². The first-order chi connectivity index (χ1) is 14.8. The summed E-state index contributed by atoms with van der Waals surface area (Å²) < 4.78 is 68.5. The van der Waals surface area contributed by atoms with Gasteiger partial charge >= 0.3 is 11.9 Å². The molecule has 0 spiro atoms. The lowest BCUT2D eigenvalue weighted by molar-refractivity contribution is -0.157.